The van der Waals surface area contributed by atoms with Crippen molar-refractivity contribution in [2.24, 2.45) is 5.84 Å². The van der Waals surface area contributed by atoms with Gasteiger partial charge in [0.1, 0.15) is 0 Å². The lowest BCUT2D eigenvalue weighted by atomic mass is 9.99. The normalized spacial score (nSPS) is 12.2. The van der Waals surface area contributed by atoms with Gasteiger partial charge in [-0.1, -0.05) is 12.1 Å². The van der Waals surface area contributed by atoms with Crippen LogP contribution in [0.2, 0.25) is 0 Å². The summed E-state index contributed by atoms with van der Waals surface area (Å²) in [4.78, 5) is 4.15. The van der Waals surface area contributed by atoms with E-state index in [9.17, 15) is 4.39 Å². The molecule has 1 atom stereocenters. The SMILES string of the molecule is COc1ccc(CC(NN)c2cncc(C)c2)cc1F. The van der Waals surface area contributed by atoms with Crippen molar-refractivity contribution in [2.45, 2.75) is 19.4 Å². The fourth-order valence-corrected chi connectivity index (χ4v) is 2.11. The predicted molar refractivity (Wildman–Crippen MR) is 75.7 cm³/mol. The first kappa shape index (κ1) is 14.4. The van der Waals surface area contributed by atoms with Gasteiger partial charge in [0.2, 0.25) is 0 Å². The van der Waals surface area contributed by atoms with Gasteiger partial charge >= 0.3 is 0 Å². The molecule has 0 radical (unpaired) electrons. The minimum Gasteiger partial charge on any atom is -0.494 e. The molecule has 1 aromatic carbocycles. The number of hydrazine groups is 1. The van der Waals surface area contributed by atoms with Crippen molar-refractivity contribution in [1.82, 2.24) is 10.4 Å². The molecule has 106 valence electrons. The molecule has 4 nitrogen and oxygen atoms in total. The number of ether oxygens (including phenoxy) is 1. The predicted octanol–water partition coefficient (Wildman–Crippen LogP) is 2.28. The summed E-state index contributed by atoms with van der Waals surface area (Å²) >= 11 is 0. The van der Waals surface area contributed by atoms with Gasteiger partial charge in [0.25, 0.3) is 0 Å². The van der Waals surface area contributed by atoms with Crippen LogP contribution in [0.4, 0.5) is 4.39 Å². The number of nitrogens with two attached hydrogens (primary N) is 1. The molecular formula is C15H18FN3O. The highest BCUT2D eigenvalue weighted by atomic mass is 19.1. The second-order valence-corrected chi connectivity index (χ2v) is 4.69. The molecule has 5 heteroatoms. The van der Waals surface area contributed by atoms with E-state index in [1.54, 1.807) is 18.5 Å². The van der Waals surface area contributed by atoms with Crippen molar-refractivity contribution in [3.05, 3.63) is 59.2 Å². The van der Waals surface area contributed by atoms with Crippen molar-refractivity contribution in [3.8, 4) is 5.75 Å². The van der Waals surface area contributed by atoms with Gasteiger partial charge in [-0.2, -0.15) is 0 Å². The zero-order valence-electron chi connectivity index (χ0n) is 11.6. The summed E-state index contributed by atoms with van der Waals surface area (Å²) < 4.78 is 18.6. The van der Waals surface area contributed by atoms with E-state index in [2.05, 4.69) is 10.4 Å². The van der Waals surface area contributed by atoms with Crippen LogP contribution in [0.5, 0.6) is 5.75 Å². The molecule has 3 N–H and O–H groups in total. The van der Waals surface area contributed by atoms with E-state index in [-0.39, 0.29) is 17.6 Å². The van der Waals surface area contributed by atoms with Crippen LogP contribution in [0.25, 0.3) is 0 Å². The van der Waals surface area contributed by atoms with Crippen LogP contribution in [0.1, 0.15) is 22.7 Å². The Kier molecular flexibility index (Phi) is 4.65. The zero-order chi connectivity index (χ0) is 14.5. The molecule has 0 spiro atoms. The summed E-state index contributed by atoms with van der Waals surface area (Å²) in [5, 5.41) is 0. The van der Waals surface area contributed by atoms with Gasteiger partial charge < -0.3 is 4.74 Å². The number of benzene rings is 1. The van der Waals surface area contributed by atoms with Crippen molar-refractivity contribution in [1.29, 1.82) is 0 Å². The first-order chi connectivity index (χ1) is 9.63. The topological polar surface area (TPSA) is 60.2 Å². The molecule has 0 aliphatic rings. The van der Waals surface area contributed by atoms with Gasteiger partial charge in [-0.15, -0.1) is 0 Å². The number of halogens is 1. The summed E-state index contributed by atoms with van der Waals surface area (Å²) in [7, 11) is 1.45. The van der Waals surface area contributed by atoms with Gasteiger partial charge in [0.15, 0.2) is 11.6 Å². The molecule has 0 bridgehead atoms. The van der Waals surface area contributed by atoms with Crippen molar-refractivity contribution < 1.29 is 9.13 Å². The Morgan fingerprint density at radius 2 is 2.15 bits per heavy atom. The quantitative estimate of drug-likeness (QED) is 0.649. The number of rotatable bonds is 5. The number of hydrogen-bond donors (Lipinski definition) is 2. The third kappa shape index (κ3) is 3.31. The average Bonchev–Trinajstić information content (AvgIpc) is 2.45. The number of aryl methyl sites for hydroxylation is 1. The van der Waals surface area contributed by atoms with Crippen LogP contribution >= 0.6 is 0 Å². The van der Waals surface area contributed by atoms with Gasteiger partial charge in [-0.25, -0.2) is 4.39 Å². The van der Waals surface area contributed by atoms with Gasteiger partial charge in [0.05, 0.1) is 13.2 Å². The smallest absolute Gasteiger partial charge is 0.165 e. The summed E-state index contributed by atoms with van der Waals surface area (Å²) in [6.45, 7) is 1.97. The van der Waals surface area contributed by atoms with E-state index >= 15 is 0 Å². The van der Waals surface area contributed by atoms with Crippen LogP contribution in [0.3, 0.4) is 0 Å². The van der Waals surface area contributed by atoms with Crippen molar-refractivity contribution >= 4 is 0 Å². The molecule has 0 saturated heterocycles. The van der Waals surface area contributed by atoms with E-state index in [0.29, 0.717) is 6.42 Å². The molecule has 0 aliphatic heterocycles. The van der Waals surface area contributed by atoms with E-state index in [1.807, 2.05) is 19.1 Å². The molecule has 1 aromatic heterocycles. The molecule has 0 fully saturated rings. The van der Waals surface area contributed by atoms with Crippen LogP contribution in [0.15, 0.2) is 36.7 Å². The molecular weight excluding hydrogens is 257 g/mol. The fourth-order valence-electron chi connectivity index (χ4n) is 2.11. The Morgan fingerprint density at radius 3 is 2.75 bits per heavy atom. The number of nitrogens with zero attached hydrogens (tertiary/aromatic N) is 1. The largest absolute Gasteiger partial charge is 0.494 e. The number of pyridine rings is 1. The standard InChI is InChI=1S/C15H18FN3O/c1-10-5-12(9-18-8-10)14(19-17)7-11-3-4-15(20-2)13(16)6-11/h3-6,8-9,14,19H,7,17H2,1-2H3. The van der Waals surface area contributed by atoms with Crippen LogP contribution < -0.4 is 16.0 Å². The monoisotopic (exact) mass is 275 g/mol. The maximum absolute atomic E-state index is 13.7. The Hall–Kier alpha value is -1.98. The zero-order valence-corrected chi connectivity index (χ0v) is 11.6. The summed E-state index contributed by atoms with van der Waals surface area (Å²) in [5.74, 6) is 5.47. The fraction of sp³-hybridized carbons (Fsp3) is 0.267. The maximum atomic E-state index is 13.7. The van der Waals surface area contributed by atoms with Crippen molar-refractivity contribution in [3.63, 3.8) is 0 Å². The molecule has 20 heavy (non-hydrogen) atoms. The lowest BCUT2D eigenvalue weighted by Crippen LogP contribution is -2.29. The van der Waals surface area contributed by atoms with E-state index in [1.165, 1.54) is 13.2 Å². The maximum Gasteiger partial charge on any atom is 0.165 e. The summed E-state index contributed by atoms with van der Waals surface area (Å²) in [6.07, 6.45) is 4.12. The second-order valence-electron chi connectivity index (χ2n) is 4.69. The molecule has 1 heterocycles. The average molecular weight is 275 g/mol. The highest BCUT2D eigenvalue weighted by molar-refractivity contribution is 5.31. The highest BCUT2D eigenvalue weighted by Crippen LogP contribution is 2.22. The van der Waals surface area contributed by atoms with Crippen LogP contribution in [-0.2, 0) is 6.42 Å². The minimum atomic E-state index is -0.372. The first-order valence-electron chi connectivity index (χ1n) is 6.34. The molecule has 0 saturated carbocycles. The first-order valence-corrected chi connectivity index (χ1v) is 6.34. The number of methoxy groups -OCH3 is 1. The Morgan fingerprint density at radius 1 is 1.35 bits per heavy atom. The van der Waals surface area contributed by atoms with E-state index in [0.717, 1.165) is 16.7 Å². The van der Waals surface area contributed by atoms with Gasteiger partial charge in [-0.05, 0) is 42.2 Å². The lowest BCUT2D eigenvalue weighted by molar-refractivity contribution is 0.386. The van der Waals surface area contributed by atoms with Crippen LogP contribution in [0, 0.1) is 12.7 Å². The number of nitrogens with one attached hydrogen (secondary N) is 1. The van der Waals surface area contributed by atoms with Crippen molar-refractivity contribution in [2.75, 3.05) is 7.11 Å². The third-order valence-corrected chi connectivity index (χ3v) is 3.16. The molecule has 0 aliphatic carbocycles. The summed E-state index contributed by atoms with van der Waals surface area (Å²) in [5.41, 5.74) is 5.62. The molecule has 2 rings (SSSR count). The van der Waals surface area contributed by atoms with E-state index in [4.69, 9.17) is 10.6 Å². The van der Waals surface area contributed by atoms with E-state index < -0.39 is 0 Å². The van der Waals surface area contributed by atoms with Gasteiger partial charge in [-0.3, -0.25) is 16.3 Å². The number of aromatic nitrogens is 1. The number of hydrogen-bond acceptors (Lipinski definition) is 4. The van der Waals surface area contributed by atoms with Crippen LogP contribution in [-0.4, -0.2) is 12.1 Å². The Labute approximate surface area is 117 Å². The second kappa shape index (κ2) is 6.45. The molecule has 0 amide bonds. The minimum absolute atomic E-state index is 0.116. The Bertz CT molecular complexity index is 589. The highest BCUT2D eigenvalue weighted by Gasteiger charge is 2.13. The summed E-state index contributed by atoms with van der Waals surface area (Å²) in [6, 6.07) is 6.81. The lowest BCUT2D eigenvalue weighted by Gasteiger charge is -2.17. The molecule has 1 unspecified atom stereocenters. The Balaban J connectivity index is 2.20. The van der Waals surface area contributed by atoms with Gasteiger partial charge in [0, 0.05) is 12.4 Å². The molecule has 2 aromatic rings. The third-order valence-electron chi connectivity index (χ3n) is 3.16.